The minimum absolute atomic E-state index is 0. The number of hydrogen-bond donors (Lipinski definition) is 2. The largest absolute Gasteiger partial charge is 1.00 e. The first-order valence-corrected chi connectivity index (χ1v) is 3.67. The average molecular weight is 200 g/mol. The molecule has 0 heterocycles. The lowest BCUT2D eigenvalue weighted by molar-refractivity contribution is -0.884. The Hall–Kier alpha value is 0.0700. The van der Waals surface area contributed by atoms with Crippen LogP contribution in [0, 0.1) is 0 Å². The zero-order valence-corrected chi connectivity index (χ0v) is 8.56. The highest BCUT2D eigenvalue weighted by atomic mass is 35.5. The first-order valence-electron chi connectivity index (χ1n) is 3.04. The summed E-state index contributed by atoms with van der Waals surface area (Å²) in [7, 11) is 5.53. The number of quaternary nitrogens is 1. The third-order valence-electron chi connectivity index (χ3n) is 1.39. The molecule has 0 aliphatic rings. The molecule has 0 fully saturated rings. The number of likely N-dealkylation sites (N-methyl/N-ethyl adjacent to an activating group) is 1. The van der Waals surface area contributed by atoms with E-state index in [9.17, 15) is 4.79 Å². The second-order valence-corrected chi connectivity index (χ2v) is 3.52. The number of halogens is 1. The van der Waals surface area contributed by atoms with Crippen molar-refractivity contribution in [2.24, 2.45) is 0 Å². The fourth-order valence-electron chi connectivity index (χ4n) is 0.654. The molecule has 0 radical (unpaired) electrons. The van der Waals surface area contributed by atoms with Gasteiger partial charge in [-0.05, 0) is 0 Å². The number of hydrogen-bond acceptors (Lipinski definition) is 2. The van der Waals surface area contributed by atoms with Gasteiger partial charge in [0, 0.05) is 0 Å². The summed E-state index contributed by atoms with van der Waals surface area (Å²) in [6.07, 6.45) is 0. The third kappa shape index (κ3) is 4.50. The molecule has 0 aliphatic heterocycles. The lowest BCUT2D eigenvalue weighted by atomic mass is 10.3. The van der Waals surface area contributed by atoms with Crippen molar-refractivity contribution in [2.45, 2.75) is 6.04 Å². The van der Waals surface area contributed by atoms with Crippen molar-refractivity contribution in [1.82, 2.24) is 0 Å². The minimum Gasteiger partial charge on any atom is -1.00 e. The van der Waals surface area contributed by atoms with Crippen molar-refractivity contribution < 1.29 is 26.8 Å². The van der Waals surface area contributed by atoms with Crippen LogP contribution >= 0.6 is 12.6 Å². The van der Waals surface area contributed by atoms with E-state index in [-0.39, 0.29) is 12.4 Å². The van der Waals surface area contributed by atoms with Crippen LogP contribution in [0.5, 0.6) is 0 Å². The molecule has 0 amide bonds. The number of carboxylic acids is 1. The van der Waals surface area contributed by atoms with Crippen molar-refractivity contribution in [3.63, 3.8) is 0 Å². The molecular weight excluding hydrogens is 186 g/mol. The van der Waals surface area contributed by atoms with Gasteiger partial charge in [-0.2, -0.15) is 12.6 Å². The quantitative estimate of drug-likeness (QED) is 0.378. The monoisotopic (exact) mass is 199 g/mol. The second-order valence-electron chi connectivity index (χ2n) is 3.15. The fourth-order valence-corrected chi connectivity index (χ4v) is 1.30. The minimum atomic E-state index is -0.789. The number of thiol groups is 1. The Bertz CT molecular complexity index is 135. The van der Waals surface area contributed by atoms with Crippen molar-refractivity contribution in [3.8, 4) is 0 Å². The fraction of sp³-hybridized carbons (Fsp3) is 0.833. The number of carbonyl (C=O) groups is 1. The molecule has 0 aliphatic carbocycles. The second kappa shape index (κ2) is 4.85. The van der Waals surface area contributed by atoms with Gasteiger partial charge in [0.05, 0.1) is 26.9 Å². The molecule has 1 N–H and O–H groups in total. The molecule has 5 heteroatoms. The van der Waals surface area contributed by atoms with E-state index in [1.807, 2.05) is 21.1 Å². The summed E-state index contributed by atoms with van der Waals surface area (Å²) in [4.78, 5) is 10.5. The molecule has 0 aromatic rings. The van der Waals surface area contributed by atoms with Crippen LogP contribution in [-0.4, -0.2) is 48.5 Å². The Kier molecular flexibility index (Phi) is 6.02. The summed E-state index contributed by atoms with van der Waals surface area (Å²) < 4.78 is 0.416. The van der Waals surface area contributed by atoms with Gasteiger partial charge in [-0.25, -0.2) is 4.79 Å². The van der Waals surface area contributed by atoms with Crippen molar-refractivity contribution in [3.05, 3.63) is 0 Å². The Morgan fingerprint density at radius 1 is 1.55 bits per heavy atom. The van der Waals surface area contributed by atoms with E-state index in [0.29, 0.717) is 10.2 Å². The van der Waals surface area contributed by atoms with E-state index in [0.717, 1.165) is 0 Å². The SMILES string of the molecule is C[N+](C)(C)C(CS)C(=O)O.[Cl-]. The van der Waals surface area contributed by atoms with Crippen LogP contribution in [0.15, 0.2) is 0 Å². The van der Waals surface area contributed by atoms with Gasteiger partial charge in [-0.1, -0.05) is 0 Å². The first kappa shape index (κ1) is 13.6. The molecule has 1 unspecified atom stereocenters. The lowest BCUT2D eigenvalue weighted by Crippen LogP contribution is -3.00. The van der Waals surface area contributed by atoms with Gasteiger partial charge in [0.1, 0.15) is 0 Å². The summed E-state index contributed by atoms with van der Waals surface area (Å²) >= 11 is 3.95. The van der Waals surface area contributed by atoms with Crippen LogP contribution < -0.4 is 12.4 Å². The summed E-state index contributed by atoms with van der Waals surface area (Å²) in [6, 6.07) is -0.414. The highest BCUT2D eigenvalue weighted by Crippen LogP contribution is 2.04. The zero-order valence-electron chi connectivity index (χ0n) is 6.91. The number of rotatable bonds is 3. The van der Waals surface area contributed by atoms with Gasteiger partial charge in [0.15, 0.2) is 6.04 Å². The first-order chi connectivity index (χ1) is 4.39. The maximum Gasteiger partial charge on any atom is 0.363 e. The smallest absolute Gasteiger partial charge is 0.363 e. The molecule has 0 saturated carbocycles. The summed E-state index contributed by atoms with van der Waals surface area (Å²) in [5.41, 5.74) is 0. The Morgan fingerprint density at radius 3 is 1.91 bits per heavy atom. The molecular formula is C6H14ClNO2S. The maximum absolute atomic E-state index is 10.5. The predicted octanol–water partition coefficient (Wildman–Crippen LogP) is -2.92. The van der Waals surface area contributed by atoms with Crippen LogP contribution in [0.1, 0.15) is 0 Å². The molecule has 0 saturated heterocycles. The van der Waals surface area contributed by atoms with Crippen LogP contribution in [0.4, 0.5) is 0 Å². The molecule has 0 spiro atoms. The van der Waals surface area contributed by atoms with E-state index in [4.69, 9.17) is 5.11 Å². The summed E-state index contributed by atoms with van der Waals surface area (Å²) in [6.45, 7) is 0. The van der Waals surface area contributed by atoms with E-state index in [2.05, 4.69) is 12.6 Å². The predicted molar refractivity (Wildman–Crippen MR) is 43.3 cm³/mol. The van der Waals surface area contributed by atoms with Crippen molar-refractivity contribution in [2.75, 3.05) is 26.9 Å². The van der Waals surface area contributed by atoms with Crippen LogP contribution in [0.3, 0.4) is 0 Å². The van der Waals surface area contributed by atoms with Crippen molar-refractivity contribution >= 4 is 18.6 Å². The van der Waals surface area contributed by atoms with Crippen molar-refractivity contribution in [1.29, 1.82) is 0 Å². The summed E-state index contributed by atoms with van der Waals surface area (Å²) in [5.74, 6) is -0.416. The maximum atomic E-state index is 10.5. The van der Waals surface area contributed by atoms with Gasteiger partial charge >= 0.3 is 5.97 Å². The number of aliphatic carboxylic acids is 1. The molecule has 1 atom stereocenters. The zero-order chi connectivity index (χ0) is 8.36. The molecule has 11 heavy (non-hydrogen) atoms. The molecule has 0 aromatic heterocycles. The molecule has 68 valence electrons. The van der Waals surface area contributed by atoms with Gasteiger partial charge in [-0.3, -0.25) is 0 Å². The van der Waals surface area contributed by atoms with Crippen LogP contribution in [0.25, 0.3) is 0 Å². The molecule has 0 bridgehead atoms. The van der Waals surface area contributed by atoms with Gasteiger partial charge in [0.25, 0.3) is 0 Å². The van der Waals surface area contributed by atoms with Gasteiger partial charge < -0.3 is 22.0 Å². The Morgan fingerprint density at radius 2 is 1.91 bits per heavy atom. The lowest BCUT2D eigenvalue weighted by Gasteiger charge is -2.29. The summed E-state index contributed by atoms with van der Waals surface area (Å²) in [5, 5.41) is 8.64. The van der Waals surface area contributed by atoms with E-state index in [1.54, 1.807) is 0 Å². The standard InChI is InChI=1S/C6H13NO2S.ClH/c1-7(2,3)5(4-10)6(8)9;/h5H,4H2,1-3H3,(H-,8,9,10);1H. The number of carboxylic acid groups (broad SMARTS) is 1. The molecule has 0 rings (SSSR count). The third-order valence-corrected chi connectivity index (χ3v) is 1.74. The molecule has 0 aromatic carbocycles. The van der Waals surface area contributed by atoms with Crippen LogP contribution in [0.2, 0.25) is 0 Å². The average Bonchev–Trinajstić information content (AvgIpc) is 1.60. The normalized spacial score (nSPS) is 13.5. The highest BCUT2D eigenvalue weighted by molar-refractivity contribution is 7.80. The topological polar surface area (TPSA) is 37.3 Å². The van der Waals surface area contributed by atoms with Gasteiger partial charge in [0.2, 0.25) is 0 Å². The van der Waals surface area contributed by atoms with Crippen LogP contribution in [-0.2, 0) is 4.79 Å². The molecule has 3 nitrogen and oxygen atoms in total. The van der Waals surface area contributed by atoms with E-state index < -0.39 is 12.0 Å². The van der Waals surface area contributed by atoms with Gasteiger partial charge in [-0.15, -0.1) is 0 Å². The number of nitrogens with zero attached hydrogens (tertiary/aromatic N) is 1. The highest BCUT2D eigenvalue weighted by Gasteiger charge is 2.29. The Balaban J connectivity index is 0. The Labute approximate surface area is 78.8 Å². The van der Waals surface area contributed by atoms with E-state index in [1.165, 1.54) is 0 Å². The van der Waals surface area contributed by atoms with E-state index >= 15 is 0 Å².